The van der Waals surface area contributed by atoms with Crippen LogP contribution in [-0.2, 0) is 4.74 Å². The van der Waals surface area contributed by atoms with Crippen LogP contribution in [0.5, 0.6) is 0 Å². The van der Waals surface area contributed by atoms with Crippen LogP contribution in [0.15, 0.2) is 0 Å². The maximum Gasteiger partial charge on any atom is 0.125 e. The number of nitrogens with one attached hydrogen (secondary N) is 1. The van der Waals surface area contributed by atoms with Gasteiger partial charge >= 0.3 is 0 Å². The third kappa shape index (κ3) is 2.12. The van der Waals surface area contributed by atoms with Crippen LogP contribution in [-0.4, -0.2) is 18.9 Å². The van der Waals surface area contributed by atoms with E-state index in [-0.39, 0.29) is 5.72 Å². The molecular formula is C12H25NO. The van der Waals surface area contributed by atoms with Crippen LogP contribution in [0.3, 0.4) is 0 Å². The maximum atomic E-state index is 5.66. The fourth-order valence-corrected chi connectivity index (χ4v) is 2.43. The Labute approximate surface area is 88.4 Å². The molecule has 0 amide bonds. The second-order valence-electron chi connectivity index (χ2n) is 5.17. The van der Waals surface area contributed by atoms with Crippen LogP contribution >= 0.6 is 0 Å². The van der Waals surface area contributed by atoms with Crippen LogP contribution in [0.25, 0.3) is 0 Å². The van der Waals surface area contributed by atoms with Crippen molar-refractivity contribution in [2.75, 3.05) is 7.11 Å². The molecule has 0 aromatic heterocycles. The Morgan fingerprint density at radius 2 is 2.07 bits per heavy atom. The lowest BCUT2D eigenvalue weighted by Crippen LogP contribution is -2.42. The van der Waals surface area contributed by atoms with Gasteiger partial charge in [0.2, 0.25) is 0 Å². The molecule has 0 aromatic rings. The Morgan fingerprint density at radius 3 is 2.50 bits per heavy atom. The molecule has 2 heteroatoms. The van der Waals surface area contributed by atoms with Gasteiger partial charge in [-0.05, 0) is 26.7 Å². The largest absolute Gasteiger partial charge is 0.363 e. The zero-order valence-corrected chi connectivity index (χ0v) is 10.3. The van der Waals surface area contributed by atoms with Crippen LogP contribution < -0.4 is 5.32 Å². The van der Waals surface area contributed by atoms with E-state index in [4.69, 9.17) is 4.74 Å². The van der Waals surface area contributed by atoms with E-state index in [1.54, 1.807) is 0 Å². The summed E-state index contributed by atoms with van der Waals surface area (Å²) in [5.74, 6) is 0. The zero-order valence-electron chi connectivity index (χ0n) is 10.3. The summed E-state index contributed by atoms with van der Waals surface area (Å²) in [5, 5.41) is 3.56. The van der Waals surface area contributed by atoms with E-state index >= 15 is 0 Å². The predicted octanol–water partition coefficient (Wildman–Crippen LogP) is 2.93. The van der Waals surface area contributed by atoms with Crippen LogP contribution in [0.1, 0.15) is 53.4 Å². The van der Waals surface area contributed by atoms with Gasteiger partial charge in [0, 0.05) is 18.6 Å². The predicted molar refractivity (Wildman–Crippen MR) is 60.3 cm³/mol. The average molecular weight is 199 g/mol. The quantitative estimate of drug-likeness (QED) is 0.664. The Kier molecular flexibility index (Phi) is 3.59. The third-order valence-electron chi connectivity index (χ3n) is 3.44. The molecule has 0 spiro atoms. The molecule has 0 heterocycles. The molecule has 2 unspecified atom stereocenters. The number of ether oxygens (including phenoxy) is 1. The van der Waals surface area contributed by atoms with E-state index in [1.807, 2.05) is 7.11 Å². The fourth-order valence-electron chi connectivity index (χ4n) is 2.43. The second-order valence-corrected chi connectivity index (χ2v) is 5.17. The van der Waals surface area contributed by atoms with Crippen molar-refractivity contribution in [3.63, 3.8) is 0 Å². The van der Waals surface area contributed by atoms with Gasteiger partial charge in [0.25, 0.3) is 0 Å². The summed E-state index contributed by atoms with van der Waals surface area (Å²) in [6.45, 7) is 8.94. The highest BCUT2D eigenvalue weighted by atomic mass is 16.5. The molecule has 0 radical (unpaired) electrons. The minimum absolute atomic E-state index is 0.0314. The normalized spacial score (nSPS) is 36.4. The standard InChI is InChI=1S/C12H25NO/c1-6-7-8-11(4)9-12(11,14-5)13-10(2)3/h10,13H,6-9H2,1-5H3. The van der Waals surface area contributed by atoms with Crippen molar-refractivity contribution in [3.8, 4) is 0 Å². The highest BCUT2D eigenvalue weighted by molar-refractivity contribution is 5.13. The van der Waals surface area contributed by atoms with Crippen molar-refractivity contribution in [2.45, 2.75) is 65.1 Å². The summed E-state index contributed by atoms with van der Waals surface area (Å²) in [6, 6.07) is 0.499. The summed E-state index contributed by atoms with van der Waals surface area (Å²) in [4.78, 5) is 0. The number of hydrogen-bond acceptors (Lipinski definition) is 2. The van der Waals surface area contributed by atoms with Gasteiger partial charge in [-0.15, -0.1) is 0 Å². The van der Waals surface area contributed by atoms with Crippen molar-refractivity contribution in [1.82, 2.24) is 5.32 Å². The van der Waals surface area contributed by atoms with Crippen molar-refractivity contribution in [3.05, 3.63) is 0 Å². The van der Waals surface area contributed by atoms with Gasteiger partial charge < -0.3 is 4.74 Å². The van der Waals surface area contributed by atoms with Gasteiger partial charge in [-0.25, -0.2) is 0 Å². The first-order valence-corrected chi connectivity index (χ1v) is 5.82. The first-order chi connectivity index (χ1) is 6.49. The van der Waals surface area contributed by atoms with E-state index in [0.717, 1.165) is 6.42 Å². The second kappa shape index (κ2) is 4.19. The van der Waals surface area contributed by atoms with Crippen LogP contribution in [0.4, 0.5) is 0 Å². The van der Waals surface area contributed by atoms with Gasteiger partial charge in [-0.1, -0.05) is 26.7 Å². The summed E-state index contributed by atoms with van der Waals surface area (Å²) < 4.78 is 5.66. The monoisotopic (exact) mass is 199 g/mol. The lowest BCUT2D eigenvalue weighted by Gasteiger charge is -2.25. The number of hydrogen-bond donors (Lipinski definition) is 1. The molecule has 0 bridgehead atoms. The van der Waals surface area contributed by atoms with E-state index in [0.29, 0.717) is 11.5 Å². The van der Waals surface area contributed by atoms with Crippen molar-refractivity contribution in [1.29, 1.82) is 0 Å². The molecule has 0 aliphatic heterocycles. The summed E-state index contributed by atoms with van der Waals surface area (Å²) >= 11 is 0. The first-order valence-electron chi connectivity index (χ1n) is 5.82. The SMILES string of the molecule is CCCCC1(C)CC1(NC(C)C)OC. The average Bonchev–Trinajstić information content (AvgIpc) is 2.68. The molecular weight excluding hydrogens is 174 g/mol. The first kappa shape index (κ1) is 12.0. The Hall–Kier alpha value is -0.0800. The smallest absolute Gasteiger partial charge is 0.125 e. The summed E-state index contributed by atoms with van der Waals surface area (Å²) in [7, 11) is 1.83. The minimum atomic E-state index is -0.0314. The molecule has 84 valence electrons. The molecule has 2 atom stereocenters. The Morgan fingerprint density at radius 1 is 1.43 bits per heavy atom. The molecule has 1 fully saturated rings. The van der Waals surface area contributed by atoms with E-state index in [9.17, 15) is 0 Å². The molecule has 1 aliphatic carbocycles. The number of methoxy groups -OCH3 is 1. The molecule has 1 saturated carbocycles. The van der Waals surface area contributed by atoms with Crippen LogP contribution in [0, 0.1) is 5.41 Å². The molecule has 2 nitrogen and oxygen atoms in total. The Bertz CT molecular complexity index is 193. The number of unbranched alkanes of at least 4 members (excludes halogenated alkanes) is 1. The molecule has 0 saturated heterocycles. The van der Waals surface area contributed by atoms with Gasteiger partial charge in [0.1, 0.15) is 5.72 Å². The van der Waals surface area contributed by atoms with E-state index < -0.39 is 0 Å². The minimum Gasteiger partial charge on any atom is -0.363 e. The molecule has 1 N–H and O–H groups in total. The summed E-state index contributed by atoms with van der Waals surface area (Å²) in [6.07, 6.45) is 5.02. The van der Waals surface area contributed by atoms with Gasteiger partial charge in [-0.3, -0.25) is 5.32 Å². The highest BCUT2D eigenvalue weighted by Gasteiger charge is 2.64. The van der Waals surface area contributed by atoms with Crippen molar-refractivity contribution < 1.29 is 4.74 Å². The lowest BCUT2D eigenvalue weighted by atomic mass is 9.99. The van der Waals surface area contributed by atoms with Crippen molar-refractivity contribution >= 4 is 0 Å². The molecule has 1 rings (SSSR count). The molecule has 0 aromatic carbocycles. The van der Waals surface area contributed by atoms with Gasteiger partial charge in [0.05, 0.1) is 0 Å². The topological polar surface area (TPSA) is 21.3 Å². The summed E-state index contributed by atoms with van der Waals surface area (Å²) in [5.41, 5.74) is 0.332. The van der Waals surface area contributed by atoms with Gasteiger partial charge in [0.15, 0.2) is 0 Å². The van der Waals surface area contributed by atoms with Crippen LogP contribution in [0.2, 0.25) is 0 Å². The van der Waals surface area contributed by atoms with Crippen molar-refractivity contribution in [2.24, 2.45) is 5.41 Å². The Balaban J connectivity index is 2.50. The van der Waals surface area contributed by atoms with E-state index in [2.05, 4.69) is 33.0 Å². The highest BCUT2D eigenvalue weighted by Crippen LogP contribution is 2.59. The lowest BCUT2D eigenvalue weighted by molar-refractivity contribution is 0.00695. The third-order valence-corrected chi connectivity index (χ3v) is 3.44. The fraction of sp³-hybridized carbons (Fsp3) is 1.00. The molecule has 14 heavy (non-hydrogen) atoms. The number of rotatable bonds is 6. The van der Waals surface area contributed by atoms with Gasteiger partial charge in [-0.2, -0.15) is 0 Å². The zero-order chi connectivity index (χ0) is 10.8. The van der Waals surface area contributed by atoms with E-state index in [1.165, 1.54) is 19.3 Å². The molecule has 1 aliphatic rings. The maximum absolute atomic E-state index is 5.66.